The van der Waals surface area contributed by atoms with Gasteiger partial charge in [-0.2, -0.15) is 5.10 Å². The molecular weight excluding hydrogens is 463 g/mol. The minimum absolute atomic E-state index is 0.0906. The molecule has 5 nitrogen and oxygen atoms in total. The molecule has 1 aromatic heterocycles. The van der Waals surface area contributed by atoms with Gasteiger partial charge in [0.2, 0.25) is 5.70 Å². The monoisotopic (exact) mass is 496 g/mol. The number of aromatic nitrogens is 2. The Labute approximate surface area is 218 Å². The Morgan fingerprint density at radius 3 is 2.46 bits per heavy atom. The Morgan fingerprint density at radius 2 is 1.76 bits per heavy atom. The van der Waals surface area contributed by atoms with Crippen molar-refractivity contribution in [1.82, 2.24) is 9.78 Å². The maximum Gasteiger partial charge on any atom is 0.203 e. The lowest BCUT2D eigenvalue weighted by molar-refractivity contribution is 0.135. The minimum atomic E-state index is -0.366. The first-order chi connectivity index (χ1) is 17.9. The summed E-state index contributed by atoms with van der Waals surface area (Å²) in [5.41, 5.74) is 4.94. The second-order valence-corrected chi connectivity index (χ2v) is 11.1. The molecule has 0 spiro atoms. The normalized spacial score (nSPS) is 25.9. The molecule has 1 saturated heterocycles. The third-order valence-corrected chi connectivity index (χ3v) is 9.13. The first-order valence-electron chi connectivity index (χ1n) is 13.4. The number of hydrogen-bond donors (Lipinski definition) is 1. The molecule has 0 bridgehead atoms. The van der Waals surface area contributed by atoms with Crippen LogP contribution < -0.4 is 4.90 Å². The highest BCUT2D eigenvalue weighted by molar-refractivity contribution is 5.67. The van der Waals surface area contributed by atoms with E-state index in [1.807, 2.05) is 25.1 Å². The highest BCUT2D eigenvalue weighted by Crippen LogP contribution is 2.55. The lowest BCUT2D eigenvalue weighted by atomic mass is 9.57. The number of piperidine rings is 1. The molecule has 1 fully saturated rings. The van der Waals surface area contributed by atoms with E-state index >= 15 is 4.39 Å². The SMILES string of the molecule is [C-]#[N+]C1=C(O)[C@H](C)[C@H]2CCc3c(nn(C4CCN(c5ccccc5)CC4)c3-c3ccccc3F)[C@]2(C)C1. The fourth-order valence-corrected chi connectivity index (χ4v) is 7.17. The third-order valence-electron chi connectivity index (χ3n) is 9.13. The molecule has 2 aromatic carbocycles. The van der Waals surface area contributed by atoms with E-state index in [1.54, 1.807) is 6.07 Å². The van der Waals surface area contributed by atoms with Gasteiger partial charge in [-0.05, 0) is 62.3 Å². The standard InChI is InChI=1S/C31H33FN4O/c1-20-25-14-13-24-28(23-11-7-8-12-26(23)32)36(34-30(24)31(25,2)19-27(33-3)29(20)37)22-15-17-35(18-16-22)21-9-5-4-6-10-21/h4-12,20,22,25,37H,13-19H2,1-2H3/t20-,25-,31-/m1/s1. The van der Waals surface area contributed by atoms with E-state index in [9.17, 15) is 5.11 Å². The van der Waals surface area contributed by atoms with Gasteiger partial charge in [-0.15, -0.1) is 0 Å². The van der Waals surface area contributed by atoms with E-state index in [1.165, 1.54) is 11.8 Å². The summed E-state index contributed by atoms with van der Waals surface area (Å²) in [6.45, 7) is 13.8. The first kappa shape index (κ1) is 23.8. The van der Waals surface area contributed by atoms with Crippen LogP contribution in [0.2, 0.25) is 0 Å². The number of fused-ring (bicyclic) bond motifs is 3. The van der Waals surface area contributed by atoms with Crippen LogP contribution >= 0.6 is 0 Å². The van der Waals surface area contributed by atoms with Crippen molar-refractivity contribution >= 4 is 5.69 Å². The highest BCUT2D eigenvalue weighted by atomic mass is 19.1. The third kappa shape index (κ3) is 3.75. The summed E-state index contributed by atoms with van der Waals surface area (Å²) in [5, 5.41) is 16.0. The first-order valence-corrected chi connectivity index (χ1v) is 13.4. The second-order valence-electron chi connectivity index (χ2n) is 11.1. The Morgan fingerprint density at radius 1 is 1.05 bits per heavy atom. The maximum absolute atomic E-state index is 15.3. The van der Waals surface area contributed by atoms with Gasteiger partial charge in [-0.1, -0.05) is 44.2 Å². The van der Waals surface area contributed by atoms with E-state index in [-0.39, 0.29) is 34.9 Å². The molecule has 3 aromatic rings. The van der Waals surface area contributed by atoms with E-state index in [2.05, 4.69) is 45.6 Å². The molecule has 1 aliphatic heterocycles. The Balaban J connectivity index is 1.44. The van der Waals surface area contributed by atoms with Crippen LogP contribution in [-0.4, -0.2) is 28.0 Å². The smallest absolute Gasteiger partial charge is 0.203 e. The number of aliphatic hydroxyl groups is 1. The molecule has 3 atom stereocenters. The minimum Gasteiger partial charge on any atom is -0.523 e. The van der Waals surface area contributed by atoms with Crippen LogP contribution in [0.3, 0.4) is 0 Å². The van der Waals surface area contributed by atoms with Crippen LogP contribution in [-0.2, 0) is 11.8 Å². The van der Waals surface area contributed by atoms with Crippen molar-refractivity contribution in [3.63, 3.8) is 0 Å². The summed E-state index contributed by atoms with van der Waals surface area (Å²) >= 11 is 0. The van der Waals surface area contributed by atoms with Gasteiger partial charge in [-0.25, -0.2) is 9.24 Å². The summed E-state index contributed by atoms with van der Waals surface area (Å²) in [5.74, 6) is 0.120. The number of hydrogen-bond acceptors (Lipinski definition) is 3. The Hall–Kier alpha value is -3.59. The lowest BCUT2D eigenvalue weighted by Crippen LogP contribution is -2.44. The largest absolute Gasteiger partial charge is 0.523 e. The maximum atomic E-state index is 15.3. The van der Waals surface area contributed by atoms with Crippen LogP contribution in [0, 0.1) is 24.2 Å². The van der Waals surface area contributed by atoms with Crippen molar-refractivity contribution in [3.8, 4) is 11.3 Å². The molecule has 2 aliphatic carbocycles. The summed E-state index contributed by atoms with van der Waals surface area (Å²) < 4.78 is 17.4. The van der Waals surface area contributed by atoms with Crippen molar-refractivity contribution in [2.75, 3.05) is 18.0 Å². The number of benzene rings is 2. The van der Waals surface area contributed by atoms with Crippen molar-refractivity contribution in [1.29, 1.82) is 0 Å². The van der Waals surface area contributed by atoms with E-state index in [0.717, 1.165) is 55.7 Å². The van der Waals surface area contributed by atoms with Crippen molar-refractivity contribution < 1.29 is 9.50 Å². The molecule has 2 heterocycles. The Bertz CT molecular complexity index is 1400. The van der Waals surface area contributed by atoms with Crippen molar-refractivity contribution in [2.45, 2.75) is 57.4 Å². The zero-order chi connectivity index (χ0) is 25.7. The lowest BCUT2D eigenvalue weighted by Gasteiger charge is -2.46. The Kier molecular flexibility index (Phi) is 5.82. The number of allylic oxidation sites excluding steroid dienone is 2. The van der Waals surface area contributed by atoms with Gasteiger partial charge < -0.3 is 10.0 Å². The van der Waals surface area contributed by atoms with Gasteiger partial charge in [0.25, 0.3) is 0 Å². The summed E-state index contributed by atoms with van der Waals surface area (Å²) in [7, 11) is 0. The molecule has 37 heavy (non-hydrogen) atoms. The molecule has 0 amide bonds. The fraction of sp³-hybridized carbons (Fsp3) is 0.419. The van der Waals surface area contributed by atoms with Gasteiger partial charge in [-0.3, -0.25) is 4.68 Å². The number of para-hydroxylation sites is 1. The molecule has 0 radical (unpaired) electrons. The fourth-order valence-electron chi connectivity index (χ4n) is 7.17. The van der Waals surface area contributed by atoms with Crippen LogP contribution in [0.25, 0.3) is 16.1 Å². The molecule has 0 saturated carbocycles. The average Bonchev–Trinajstić information content (AvgIpc) is 3.32. The van der Waals surface area contributed by atoms with Crippen molar-refractivity contribution in [3.05, 3.63) is 94.5 Å². The van der Waals surface area contributed by atoms with Crippen LogP contribution in [0.4, 0.5) is 10.1 Å². The molecular formula is C31H33FN4O. The number of anilines is 1. The van der Waals surface area contributed by atoms with Gasteiger partial charge in [0.1, 0.15) is 5.82 Å². The molecule has 6 heteroatoms. The number of nitrogens with zero attached hydrogens (tertiary/aromatic N) is 4. The van der Waals surface area contributed by atoms with Crippen LogP contribution in [0.1, 0.15) is 56.8 Å². The molecule has 3 aliphatic rings. The summed E-state index contributed by atoms with van der Waals surface area (Å²) in [6, 6.07) is 17.7. The van der Waals surface area contributed by atoms with Gasteiger partial charge in [0.05, 0.1) is 29.8 Å². The second kappa shape index (κ2) is 9.06. The van der Waals surface area contributed by atoms with Crippen molar-refractivity contribution in [2.24, 2.45) is 11.8 Å². The summed E-state index contributed by atoms with van der Waals surface area (Å²) in [6.07, 6.45) is 4.03. The molecule has 0 unspecified atom stereocenters. The highest BCUT2D eigenvalue weighted by Gasteiger charge is 2.51. The number of halogens is 1. The van der Waals surface area contributed by atoms with Crippen LogP contribution in [0.15, 0.2) is 66.1 Å². The quantitative estimate of drug-likeness (QED) is 0.394. The zero-order valence-electron chi connectivity index (χ0n) is 21.5. The average molecular weight is 497 g/mol. The molecule has 6 rings (SSSR count). The topological polar surface area (TPSA) is 45.7 Å². The van der Waals surface area contributed by atoms with Gasteiger partial charge in [0, 0.05) is 41.2 Å². The van der Waals surface area contributed by atoms with E-state index in [4.69, 9.17) is 11.7 Å². The van der Waals surface area contributed by atoms with E-state index < -0.39 is 0 Å². The van der Waals surface area contributed by atoms with Gasteiger partial charge >= 0.3 is 0 Å². The van der Waals surface area contributed by atoms with Gasteiger partial charge in [0.15, 0.2) is 0 Å². The molecule has 190 valence electrons. The summed E-state index contributed by atoms with van der Waals surface area (Å²) in [4.78, 5) is 6.11. The zero-order valence-corrected chi connectivity index (χ0v) is 21.5. The molecule has 1 N–H and O–H groups in total. The number of aliphatic hydroxyl groups excluding tert-OH is 1. The van der Waals surface area contributed by atoms with Crippen LogP contribution in [0.5, 0.6) is 0 Å². The predicted molar refractivity (Wildman–Crippen MR) is 144 cm³/mol. The number of rotatable bonds is 3. The van der Waals surface area contributed by atoms with E-state index in [0.29, 0.717) is 17.7 Å². The predicted octanol–water partition coefficient (Wildman–Crippen LogP) is 7.08.